The molecule has 1 aromatic carbocycles. The lowest BCUT2D eigenvalue weighted by Crippen LogP contribution is -2.23. The van der Waals surface area contributed by atoms with Gasteiger partial charge in [-0.2, -0.15) is 0 Å². The lowest BCUT2D eigenvalue weighted by Gasteiger charge is -2.17. The fourth-order valence-corrected chi connectivity index (χ4v) is 2.76. The molecule has 1 aliphatic heterocycles. The molecule has 1 N–H and O–H groups in total. The van der Waals surface area contributed by atoms with Gasteiger partial charge in [0.15, 0.2) is 0 Å². The molecule has 0 radical (unpaired) electrons. The molecule has 0 bridgehead atoms. The van der Waals surface area contributed by atoms with Gasteiger partial charge in [0.25, 0.3) is 0 Å². The van der Waals surface area contributed by atoms with Crippen molar-refractivity contribution in [3.05, 3.63) is 34.3 Å². The monoisotopic (exact) mass is 283 g/mol. The SMILES string of the molecule is COC(=O)[C@H]1CNC[C@H]1c1ccccc1Br. The van der Waals surface area contributed by atoms with Gasteiger partial charge in [0.2, 0.25) is 0 Å². The van der Waals surface area contributed by atoms with E-state index in [0.29, 0.717) is 6.54 Å². The standard InChI is InChI=1S/C12H14BrNO2/c1-16-12(15)10-7-14-6-9(10)8-4-2-3-5-11(8)13/h2-5,9-10,14H,6-7H2,1H3/t9-,10-/m0/s1. The van der Waals surface area contributed by atoms with Crippen LogP contribution in [-0.2, 0) is 9.53 Å². The Morgan fingerprint density at radius 1 is 1.44 bits per heavy atom. The number of halogens is 1. The Labute approximate surface area is 103 Å². The summed E-state index contributed by atoms with van der Waals surface area (Å²) in [6.45, 7) is 1.51. The van der Waals surface area contributed by atoms with E-state index in [9.17, 15) is 4.79 Å². The summed E-state index contributed by atoms with van der Waals surface area (Å²) in [6.07, 6.45) is 0. The minimum atomic E-state index is -0.134. The largest absolute Gasteiger partial charge is 0.469 e. The van der Waals surface area contributed by atoms with E-state index in [-0.39, 0.29) is 17.8 Å². The Kier molecular flexibility index (Phi) is 3.61. The van der Waals surface area contributed by atoms with Gasteiger partial charge < -0.3 is 10.1 Å². The number of nitrogens with one attached hydrogen (secondary N) is 1. The number of rotatable bonds is 2. The zero-order valence-electron chi connectivity index (χ0n) is 9.07. The first-order valence-corrected chi connectivity index (χ1v) is 6.06. The zero-order valence-corrected chi connectivity index (χ0v) is 10.7. The first-order valence-electron chi connectivity index (χ1n) is 5.27. The fraction of sp³-hybridized carbons (Fsp3) is 0.417. The van der Waals surface area contributed by atoms with Crippen LogP contribution in [0.1, 0.15) is 11.5 Å². The van der Waals surface area contributed by atoms with Gasteiger partial charge in [0, 0.05) is 23.5 Å². The number of esters is 1. The topological polar surface area (TPSA) is 38.3 Å². The molecule has 2 atom stereocenters. The first-order chi connectivity index (χ1) is 7.74. The molecule has 1 heterocycles. The smallest absolute Gasteiger partial charge is 0.310 e. The number of ether oxygens (including phenoxy) is 1. The highest BCUT2D eigenvalue weighted by molar-refractivity contribution is 9.10. The van der Waals surface area contributed by atoms with Crippen LogP contribution in [0.4, 0.5) is 0 Å². The van der Waals surface area contributed by atoms with Crippen LogP contribution in [0.25, 0.3) is 0 Å². The van der Waals surface area contributed by atoms with Crippen LogP contribution in [0.5, 0.6) is 0 Å². The highest BCUT2D eigenvalue weighted by atomic mass is 79.9. The molecule has 0 amide bonds. The molecule has 0 aromatic heterocycles. The number of benzene rings is 1. The summed E-state index contributed by atoms with van der Waals surface area (Å²) in [7, 11) is 1.44. The maximum absolute atomic E-state index is 11.6. The molecule has 0 saturated carbocycles. The molecule has 1 aliphatic rings. The molecule has 1 saturated heterocycles. The van der Waals surface area contributed by atoms with Crippen LogP contribution in [-0.4, -0.2) is 26.2 Å². The molecule has 3 nitrogen and oxygen atoms in total. The van der Waals surface area contributed by atoms with Gasteiger partial charge >= 0.3 is 5.97 Å². The van der Waals surface area contributed by atoms with E-state index >= 15 is 0 Å². The summed E-state index contributed by atoms with van der Waals surface area (Å²) in [5.41, 5.74) is 1.17. The Morgan fingerprint density at radius 2 is 2.19 bits per heavy atom. The highest BCUT2D eigenvalue weighted by Gasteiger charge is 2.35. The van der Waals surface area contributed by atoms with Gasteiger partial charge in [-0.1, -0.05) is 34.1 Å². The van der Waals surface area contributed by atoms with Gasteiger partial charge in [-0.05, 0) is 11.6 Å². The first kappa shape index (κ1) is 11.6. The second kappa shape index (κ2) is 4.97. The molecule has 1 aromatic rings. The van der Waals surface area contributed by atoms with Crippen molar-refractivity contribution in [1.82, 2.24) is 5.32 Å². The molecule has 86 valence electrons. The molecule has 0 spiro atoms. The van der Waals surface area contributed by atoms with E-state index in [0.717, 1.165) is 11.0 Å². The van der Waals surface area contributed by atoms with Gasteiger partial charge in [-0.15, -0.1) is 0 Å². The van der Waals surface area contributed by atoms with Crippen LogP contribution < -0.4 is 5.32 Å². The summed E-state index contributed by atoms with van der Waals surface area (Å²) in [5, 5.41) is 3.24. The summed E-state index contributed by atoms with van der Waals surface area (Å²) in [4.78, 5) is 11.6. The number of hydrogen-bond donors (Lipinski definition) is 1. The van der Waals surface area contributed by atoms with Gasteiger partial charge in [0.1, 0.15) is 0 Å². The van der Waals surface area contributed by atoms with Crippen molar-refractivity contribution in [2.24, 2.45) is 5.92 Å². The maximum Gasteiger partial charge on any atom is 0.310 e. The lowest BCUT2D eigenvalue weighted by atomic mass is 9.89. The second-order valence-electron chi connectivity index (χ2n) is 3.92. The Balaban J connectivity index is 2.27. The predicted molar refractivity (Wildman–Crippen MR) is 65.3 cm³/mol. The molecular formula is C12H14BrNO2. The molecule has 1 fully saturated rings. The summed E-state index contributed by atoms with van der Waals surface area (Å²) in [5.74, 6) is -0.0162. The molecule has 2 rings (SSSR count). The van der Waals surface area contributed by atoms with Crippen molar-refractivity contribution in [1.29, 1.82) is 0 Å². The van der Waals surface area contributed by atoms with E-state index in [2.05, 4.69) is 27.3 Å². The summed E-state index contributed by atoms with van der Waals surface area (Å²) >= 11 is 3.52. The lowest BCUT2D eigenvalue weighted by molar-refractivity contribution is -0.145. The van der Waals surface area contributed by atoms with Gasteiger partial charge in [0.05, 0.1) is 13.0 Å². The third-order valence-corrected chi connectivity index (χ3v) is 3.75. The zero-order chi connectivity index (χ0) is 11.5. The van der Waals surface area contributed by atoms with Crippen molar-refractivity contribution < 1.29 is 9.53 Å². The minimum absolute atomic E-state index is 0.0799. The summed E-state index contributed by atoms with van der Waals surface area (Å²) in [6, 6.07) is 8.02. The molecule has 0 aliphatic carbocycles. The number of hydrogen-bond acceptors (Lipinski definition) is 3. The predicted octanol–water partition coefficient (Wildman–Crippen LogP) is 1.93. The Morgan fingerprint density at radius 3 is 2.88 bits per heavy atom. The van der Waals surface area contributed by atoms with Crippen molar-refractivity contribution in [3.8, 4) is 0 Å². The molecular weight excluding hydrogens is 270 g/mol. The number of carbonyl (C=O) groups is 1. The van der Waals surface area contributed by atoms with Crippen LogP contribution >= 0.6 is 15.9 Å². The van der Waals surface area contributed by atoms with E-state index in [1.54, 1.807) is 0 Å². The van der Waals surface area contributed by atoms with Crippen molar-refractivity contribution in [2.45, 2.75) is 5.92 Å². The van der Waals surface area contributed by atoms with Gasteiger partial charge in [-0.3, -0.25) is 4.79 Å². The van der Waals surface area contributed by atoms with Crippen molar-refractivity contribution in [2.75, 3.05) is 20.2 Å². The van der Waals surface area contributed by atoms with Crippen LogP contribution in [0, 0.1) is 5.92 Å². The molecule has 4 heteroatoms. The average Bonchev–Trinajstić information content (AvgIpc) is 2.77. The van der Waals surface area contributed by atoms with Crippen LogP contribution in [0.3, 0.4) is 0 Å². The van der Waals surface area contributed by atoms with Crippen molar-refractivity contribution in [3.63, 3.8) is 0 Å². The van der Waals surface area contributed by atoms with E-state index in [1.165, 1.54) is 12.7 Å². The van der Waals surface area contributed by atoms with Gasteiger partial charge in [-0.25, -0.2) is 0 Å². The fourth-order valence-electron chi connectivity index (χ4n) is 2.18. The Bertz CT molecular complexity index is 394. The van der Waals surface area contributed by atoms with Crippen LogP contribution in [0.2, 0.25) is 0 Å². The molecule has 0 unspecified atom stereocenters. The number of carbonyl (C=O) groups excluding carboxylic acids is 1. The van der Waals surface area contributed by atoms with E-state index in [4.69, 9.17) is 4.74 Å². The maximum atomic E-state index is 11.6. The number of methoxy groups -OCH3 is 1. The Hall–Kier alpha value is -0.870. The van der Waals surface area contributed by atoms with E-state index < -0.39 is 0 Å². The quantitative estimate of drug-likeness (QED) is 0.843. The second-order valence-corrected chi connectivity index (χ2v) is 4.77. The highest BCUT2D eigenvalue weighted by Crippen LogP contribution is 2.33. The third kappa shape index (κ3) is 2.13. The normalized spacial score (nSPS) is 24.4. The summed E-state index contributed by atoms with van der Waals surface area (Å²) < 4.78 is 5.88. The van der Waals surface area contributed by atoms with E-state index in [1.807, 2.05) is 18.2 Å². The molecule has 16 heavy (non-hydrogen) atoms. The van der Waals surface area contributed by atoms with Crippen molar-refractivity contribution >= 4 is 21.9 Å². The van der Waals surface area contributed by atoms with Crippen LogP contribution in [0.15, 0.2) is 28.7 Å². The third-order valence-electron chi connectivity index (χ3n) is 3.02. The average molecular weight is 284 g/mol. The minimum Gasteiger partial charge on any atom is -0.469 e.